The molecule has 1 aliphatic heterocycles. The van der Waals surface area contributed by atoms with E-state index in [0.717, 1.165) is 24.0 Å². The van der Waals surface area contributed by atoms with Crippen LogP contribution in [-0.4, -0.2) is 55.3 Å². The first kappa shape index (κ1) is 26.2. The number of thioether (sulfide) groups is 1. The Morgan fingerprint density at radius 2 is 2.11 bits per heavy atom. The van der Waals surface area contributed by atoms with E-state index in [0.29, 0.717) is 36.4 Å². The minimum atomic E-state index is -4.48. The van der Waals surface area contributed by atoms with Crippen molar-refractivity contribution in [2.45, 2.75) is 18.5 Å². The van der Waals surface area contributed by atoms with E-state index in [1.54, 1.807) is 17.2 Å². The fraction of sp³-hybridized carbons (Fsp3) is 0.316. The molecule has 0 unspecified atom stereocenters. The number of nitro groups is 1. The van der Waals surface area contributed by atoms with Crippen molar-refractivity contribution in [1.29, 1.82) is 0 Å². The second-order valence-corrected chi connectivity index (χ2v) is 8.11. The van der Waals surface area contributed by atoms with Gasteiger partial charge in [0.2, 0.25) is 0 Å². The van der Waals surface area contributed by atoms with E-state index in [4.69, 9.17) is 16.1 Å². The van der Waals surface area contributed by atoms with E-state index in [1.807, 2.05) is 12.3 Å². The lowest BCUT2D eigenvalue weighted by molar-refractivity contribution is -0.526. The zero-order valence-electron chi connectivity index (χ0n) is 18.1. The molecule has 4 heterocycles. The number of aliphatic imine (C=N–C) groups is 1. The highest BCUT2D eigenvalue weighted by Crippen LogP contribution is 2.35. The molecule has 11 nitrogen and oxygen atoms in total. The molecule has 0 aromatic carbocycles. The molecule has 0 saturated carbocycles. The van der Waals surface area contributed by atoms with E-state index in [9.17, 15) is 23.3 Å². The van der Waals surface area contributed by atoms with Crippen molar-refractivity contribution in [2.24, 2.45) is 4.99 Å². The Morgan fingerprint density at radius 3 is 2.77 bits per heavy atom. The predicted molar refractivity (Wildman–Crippen MR) is 122 cm³/mol. The molecule has 35 heavy (non-hydrogen) atoms. The minimum Gasteiger partial charge on any atom is -0.334 e. The van der Waals surface area contributed by atoms with Gasteiger partial charge in [0.25, 0.3) is 11.9 Å². The Morgan fingerprint density at radius 1 is 1.31 bits per heavy atom. The second-order valence-electron chi connectivity index (χ2n) is 6.85. The first-order valence-corrected chi connectivity index (χ1v) is 11.6. The van der Waals surface area contributed by atoms with Crippen LogP contribution in [0, 0.1) is 10.1 Å². The van der Waals surface area contributed by atoms with Crippen LogP contribution in [-0.2, 0) is 18.5 Å². The van der Waals surface area contributed by atoms with Crippen molar-refractivity contribution in [2.75, 3.05) is 19.3 Å². The molecular weight excluding hydrogens is 513 g/mol. The number of pyridine rings is 2. The van der Waals surface area contributed by atoms with Crippen molar-refractivity contribution in [1.82, 2.24) is 30.4 Å². The molecule has 0 bridgehead atoms. The van der Waals surface area contributed by atoms with Crippen LogP contribution in [0.5, 0.6) is 0 Å². The maximum absolute atomic E-state index is 12.8. The van der Waals surface area contributed by atoms with Crippen molar-refractivity contribution in [3.63, 3.8) is 0 Å². The van der Waals surface area contributed by atoms with Crippen molar-refractivity contribution in [3.8, 4) is 11.5 Å². The summed E-state index contributed by atoms with van der Waals surface area (Å²) in [7, 11) is 0. The summed E-state index contributed by atoms with van der Waals surface area (Å²) in [5, 5.41) is 13.8. The molecule has 4 rings (SSSR count). The summed E-state index contributed by atoms with van der Waals surface area (Å²) >= 11 is 7.13. The summed E-state index contributed by atoms with van der Waals surface area (Å²) in [5.74, 6) is 0.949. The molecule has 0 spiro atoms. The van der Waals surface area contributed by atoms with E-state index >= 15 is 0 Å². The molecule has 0 radical (unpaired) electrons. The van der Waals surface area contributed by atoms with Crippen LogP contribution in [0.2, 0.25) is 5.15 Å². The summed E-state index contributed by atoms with van der Waals surface area (Å²) in [6.45, 7) is 1.72. The molecule has 3 aromatic heterocycles. The molecule has 186 valence electrons. The van der Waals surface area contributed by atoms with Gasteiger partial charge in [0.05, 0.1) is 23.4 Å². The number of rotatable bonds is 6. The Labute approximate surface area is 205 Å². The summed E-state index contributed by atoms with van der Waals surface area (Å²) in [5.41, 5.74) is 1.96. The molecule has 0 saturated heterocycles. The highest BCUT2D eigenvalue weighted by Gasteiger charge is 2.35. The number of aromatic nitrogens is 4. The van der Waals surface area contributed by atoms with Gasteiger partial charge in [-0.2, -0.15) is 29.9 Å². The molecule has 1 N–H and O–H groups in total. The normalized spacial score (nSPS) is 13.2. The first-order chi connectivity index (χ1) is 16.7. The van der Waals surface area contributed by atoms with Gasteiger partial charge in [0, 0.05) is 31.7 Å². The minimum absolute atomic E-state index is 0.167. The number of guanidine groups is 1. The standard InChI is InChI=1S/C10H8F3N3OS.C9H10ClN5O2/c1-18-5-8-15-9(17-16-8)6-4-14-3-2-7(6)10(11,12)13;10-8-2-1-7(5-12-8)6-14-4-3-11-9(14)13-15(16)17/h2-4H,5H2,1H3;1-2,5H,3-4,6H2,(H,11,13). The zero-order valence-corrected chi connectivity index (χ0v) is 19.6. The highest BCUT2D eigenvalue weighted by molar-refractivity contribution is 7.97. The molecule has 0 amide bonds. The number of hydrogen-bond acceptors (Lipinski definition) is 10. The van der Waals surface area contributed by atoms with Crippen LogP contribution in [0.4, 0.5) is 13.2 Å². The first-order valence-electron chi connectivity index (χ1n) is 9.81. The molecule has 0 aliphatic carbocycles. The average Bonchev–Trinajstić information content (AvgIpc) is 3.45. The smallest absolute Gasteiger partial charge is 0.334 e. The fourth-order valence-corrected chi connectivity index (χ4v) is 3.39. The maximum atomic E-state index is 12.8. The van der Waals surface area contributed by atoms with Crippen LogP contribution >= 0.6 is 23.4 Å². The summed E-state index contributed by atoms with van der Waals surface area (Å²) < 4.78 is 43.1. The Balaban J connectivity index is 0.000000196. The maximum Gasteiger partial charge on any atom is 0.417 e. The van der Waals surface area contributed by atoms with E-state index in [1.165, 1.54) is 11.8 Å². The van der Waals surface area contributed by atoms with Gasteiger partial charge in [-0.15, -0.1) is 0 Å². The van der Waals surface area contributed by atoms with Gasteiger partial charge >= 0.3 is 6.18 Å². The van der Waals surface area contributed by atoms with Gasteiger partial charge in [0.1, 0.15) is 5.15 Å². The number of nitrogens with zero attached hydrogens (tertiary/aromatic N) is 7. The predicted octanol–water partition coefficient (Wildman–Crippen LogP) is 3.70. The molecule has 16 heteroatoms. The van der Waals surface area contributed by atoms with Gasteiger partial charge in [-0.1, -0.05) is 28.2 Å². The summed E-state index contributed by atoms with van der Waals surface area (Å²) in [6, 6.07) is 4.40. The van der Waals surface area contributed by atoms with E-state index in [2.05, 4.69) is 30.5 Å². The van der Waals surface area contributed by atoms with Gasteiger partial charge < -0.3 is 9.42 Å². The number of alkyl halides is 3. The molecule has 3 aromatic rings. The van der Waals surface area contributed by atoms with E-state index in [-0.39, 0.29) is 17.4 Å². The van der Waals surface area contributed by atoms with Crippen LogP contribution in [0.1, 0.15) is 17.0 Å². The van der Waals surface area contributed by atoms with Crippen LogP contribution in [0.25, 0.3) is 11.5 Å². The van der Waals surface area contributed by atoms with Gasteiger partial charge in [0.15, 0.2) is 10.9 Å². The van der Waals surface area contributed by atoms with Gasteiger partial charge in [-0.05, 0) is 24.0 Å². The second kappa shape index (κ2) is 11.8. The Hall–Kier alpha value is -3.46. The van der Waals surface area contributed by atoms with Crippen LogP contribution in [0.3, 0.4) is 0 Å². The quantitative estimate of drug-likeness (QED) is 0.285. The molecular formula is C19H18ClF3N8O3S. The van der Waals surface area contributed by atoms with Crippen LogP contribution < -0.4 is 5.43 Å². The van der Waals surface area contributed by atoms with Crippen molar-refractivity contribution in [3.05, 3.63) is 69.0 Å². The lowest BCUT2D eigenvalue weighted by Crippen LogP contribution is -2.40. The third-order valence-corrected chi connectivity index (χ3v) is 5.15. The van der Waals surface area contributed by atoms with Crippen LogP contribution in [0.15, 0.2) is 46.3 Å². The zero-order chi connectivity index (χ0) is 25.4. The highest BCUT2D eigenvalue weighted by atomic mass is 35.5. The van der Waals surface area contributed by atoms with Gasteiger partial charge in [-0.25, -0.2) is 20.1 Å². The largest absolute Gasteiger partial charge is 0.417 e. The number of nitrogens with one attached hydrogen (secondary N) is 1. The molecule has 1 aliphatic rings. The Kier molecular flexibility index (Phi) is 8.81. The lowest BCUT2D eigenvalue weighted by Gasteiger charge is -2.17. The lowest BCUT2D eigenvalue weighted by atomic mass is 10.1. The van der Waals surface area contributed by atoms with E-state index < -0.39 is 16.8 Å². The summed E-state index contributed by atoms with van der Waals surface area (Å²) in [4.78, 5) is 27.7. The Bertz CT molecular complexity index is 1180. The molecule has 0 fully saturated rings. The third kappa shape index (κ3) is 7.51. The van der Waals surface area contributed by atoms with Gasteiger partial charge in [-0.3, -0.25) is 4.98 Å². The molecule has 0 atom stereocenters. The summed E-state index contributed by atoms with van der Waals surface area (Å²) in [6.07, 6.45) is 1.14. The number of hydrazine groups is 1. The SMILES string of the molecule is CSCc1noc(-c2cnccc2C(F)(F)F)n1.O=[N+]([O-])NC1=NCCN1Cc1ccc(Cl)nc1. The third-order valence-electron chi connectivity index (χ3n) is 4.38. The van der Waals surface area contributed by atoms with Crippen molar-refractivity contribution < 1.29 is 22.7 Å². The monoisotopic (exact) mass is 530 g/mol. The number of hydrogen-bond donors (Lipinski definition) is 1. The fourth-order valence-electron chi connectivity index (χ4n) is 2.91. The number of halogens is 4. The topological polar surface area (TPSA) is 135 Å². The van der Waals surface area contributed by atoms with Crippen molar-refractivity contribution >= 4 is 29.3 Å². The average molecular weight is 531 g/mol.